The lowest BCUT2D eigenvalue weighted by atomic mass is 10.0. The monoisotopic (exact) mass is 949 g/mol. The molecule has 2 unspecified atom stereocenters. The zero-order valence-corrected chi connectivity index (χ0v) is 44.8. The zero-order chi connectivity index (χ0) is 48.3. The summed E-state index contributed by atoms with van der Waals surface area (Å²) in [4.78, 5) is 23.1. The van der Waals surface area contributed by atoms with E-state index in [4.69, 9.17) is 18.5 Å². The molecule has 0 saturated heterocycles. The summed E-state index contributed by atoms with van der Waals surface area (Å²) in [6.07, 6.45) is 64.1. The van der Waals surface area contributed by atoms with Crippen LogP contribution in [0.15, 0.2) is 60.8 Å². The fraction of sp³-hybridized carbons (Fsp3) is 0.807. The van der Waals surface area contributed by atoms with Crippen LogP contribution in [-0.4, -0.2) is 75.6 Å². The number of carbonyl (C=O) groups excluding carboxylic acids is 1. The quantitative estimate of drug-likeness (QED) is 0.0213. The van der Waals surface area contributed by atoms with E-state index in [1.807, 2.05) is 21.1 Å². The van der Waals surface area contributed by atoms with Gasteiger partial charge in [-0.1, -0.05) is 209 Å². The van der Waals surface area contributed by atoms with Gasteiger partial charge in [0.1, 0.15) is 19.3 Å². The lowest BCUT2D eigenvalue weighted by Crippen LogP contribution is -2.37. The lowest BCUT2D eigenvalue weighted by Gasteiger charge is -2.24. The second-order valence-electron chi connectivity index (χ2n) is 19.6. The van der Waals surface area contributed by atoms with Crippen molar-refractivity contribution in [3.63, 3.8) is 0 Å². The summed E-state index contributed by atoms with van der Waals surface area (Å²) in [5, 5.41) is 0. The molecule has 1 N–H and O–H groups in total. The molecule has 0 fully saturated rings. The predicted octanol–water partition coefficient (Wildman–Crippen LogP) is 17.2. The summed E-state index contributed by atoms with van der Waals surface area (Å²) >= 11 is 0. The van der Waals surface area contributed by atoms with Crippen LogP contribution in [0.4, 0.5) is 0 Å². The summed E-state index contributed by atoms with van der Waals surface area (Å²) in [6, 6.07) is 0. The Hall–Kier alpha value is -1.80. The first-order valence-corrected chi connectivity index (χ1v) is 29.0. The Labute approximate surface area is 409 Å². The van der Waals surface area contributed by atoms with Crippen molar-refractivity contribution in [3.05, 3.63) is 60.8 Å². The predicted molar refractivity (Wildman–Crippen MR) is 284 cm³/mol. The molecule has 0 aliphatic heterocycles. The van der Waals surface area contributed by atoms with Gasteiger partial charge >= 0.3 is 13.8 Å². The van der Waals surface area contributed by atoms with Gasteiger partial charge in [-0.15, -0.1) is 0 Å². The highest BCUT2D eigenvalue weighted by Gasteiger charge is 2.26. The van der Waals surface area contributed by atoms with Gasteiger partial charge in [0.25, 0.3) is 0 Å². The van der Waals surface area contributed by atoms with Gasteiger partial charge in [-0.2, -0.15) is 0 Å². The summed E-state index contributed by atoms with van der Waals surface area (Å²) in [5.74, 6) is -0.319. The highest BCUT2D eigenvalue weighted by Crippen LogP contribution is 2.43. The number of likely N-dealkylation sites (N-methyl/N-ethyl adjacent to an activating group) is 1. The summed E-state index contributed by atoms with van der Waals surface area (Å²) in [7, 11) is 1.66. The highest BCUT2D eigenvalue weighted by atomic mass is 31.2. The van der Waals surface area contributed by atoms with E-state index < -0.39 is 13.9 Å². The standard InChI is InChI=1S/C57H106NO7P/c1-6-8-10-12-14-16-18-20-22-24-26-27-28-29-30-31-32-34-36-38-40-42-44-46-48-50-57(59)65-56(55-64-66(60,61)63-53-51-58(3,4)5)54-62-52-49-47-45-43-41-39-37-35-33-25-23-21-19-17-15-13-11-9-7-2/h17-20,23-26,28-29,56H,6-16,21-22,27,30-55H2,1-5H3/p+1/b19-17-,20-18-,25-23-,26-24-,29-28-. The van der Waals surface area contributed by atoms with Gasteiger partial charge in [0.2, 0.25) is 0 Å². The molecule has 386 valence electrons. The normalized spacial score (nSPS) is 14.0. The number of phosphoric ester groups is 1. The third kappa shape index (κ3) is 53.2. The average molecular weight is 949 g/mol. The van der Waals surface area contributed by atoms with Gasteiger partial charge in [-0.25, -0.2) is 4.57 Å². The molecule has 0 aromatic rings. The van der Waals surface area contributed by atoms with Crippen molar-refractivity contribution in [3.8, 4) is 0 Å². The molecule has 0 saturated carbocycles. The van der Waals surface area contributed by atoms with Crippen LogP contribution in [0.3, 0.4) is 0 Å². The summed E-state index contributed by atoms with van der Waals surface area (Å²) in [5.41, 5.74) is 0. The fourth-order valence-electron chi connectivity index (χ4n) is 7.53. The number of esters is 1. The number of allylic oxidation sites excluding steroid dienone is 10. The number of carbonyl (C=O) groups is 1. The largest absolute Gasteiger partial charge is 0.472 e. The van der Waals surface area contributed by atoms with Crippen LogP contribution in [0.2, 0.25) is 0 Å². The highest BCUT2D eigenvalue weighted by molar-refractivity contribution is 7.47. The maximum atomic E-state index is 12.8. The molecule has 0 aliphatic carbocycles. The van der Waals surface area contributed by atoms with Gasteiger partial charge in [0, 0.05) is 13.0 Å². The van der Waals surface area contributed by atoms with Crippen LogP contribution < -0.4 is 0 Å². The van der Waals surface area contributed by atoms with E-state index in [-0.39, 0.29) is 25.8 Å². The molecule has 66 heavy (non-hydrogen) atoms. The second-order valence-corrected chi connectivity index (χ2v) is 21.1. The Morgan fingerprint density at radius 1 is 0.470 bits per heavy atom. The molecular formula is C57H107NO7P+. The van der Waals surface area contributed by atoms with Crippen LogP contribution in [0.5, 0.6) is 0 Å². The minimum absolute atomic E-state index is 0.0847. The maximum absolute atomic E-state index is 12.8. The van der Waals surface area contributed by atoms with Crippen LogP contribution in [0.1, 0.15) is 239 Å². The maximum Gasteiger partial charge on any atom is 0.472 e. The first-order chi connectivity index (χ1) is 32.1. The van der Waals surface area contributed by atoms with Crippen LogP contribution >= 0.6 is 7.82 Å². The van der Waals surface area contributed by atoms with Crippen LogP contribution in [0.25, 0.3) is 0 Å². The van der Waals surface area contributed by atoms with Crippen LogP contribution in [-0.2, 0) is 27.9 Å². The molecule has 9 heteroatoms. The Bertz CT molecular complexity index is 1240. The smallest absolute Gasteiger partial charge is 0.457 e. The molecule has 0 bridgehead atoms. The molecule has 0 aliphatic rings. The van der Waals surface area contributed by atoms with Crippen molar-refractivity contribution in [2.45, 2.75) is 245 Å². The number of ether oxygens (including phenoxy) is 2. The second kappa shape index (κ2) is 49.6. The minimum Gasteiger partial charge on any atom is -0.457 e. The van der Waals surface area contributed by atoms with E-state index in [0.29, 0.717) is 24.1 Å². The lowest BCUT2D eigenvalue weighted by molar-refractivity contribution is -0.870. The van der Waals surface area contributed by atoms with Crippen molar-refractivity contribution >= 4 is 13.8 Å². The van der Waals surface area contributed by atoms with Crippen molar-refractivity contribution in [2.24, 2.45) is 0 Å². The molecule has 0 heterocycles. The third-order valence-electron chi connectivity index (χ3n) is 11.8. The molecule has 0 radical (unpaired) electrons. The van der Waals surface area contributed by atoms with Crippen LogP contribution in [0, 0.1) is 0 Å². The van der Waals surface area contributed by atoms with E-state index in [1.54, 1.807) is 0 Å². The topological polar surface area (TPSA) is 91.3 Å². The van der Waals surface area contributed by atoms with Gasteiger partial charge in [0.05, 0.1) is 34.4 Å². The first kappa shape index (κ1) is 64.2. The Balaban J connectivity index is 4.12. The number of quaternary nitrogens is 1. The molecule has 0 rings (SSSR count). The Kier molecular flexibility index (Phi) is 48.3. The first-order valence-electron chi connectivity index (χ1n) is 27.5. The van der Waals surface area contributed by atoms with E-state index >= 15 is 0 Å². The molecule has 0 aromatic carbocycles. The number of hydrogen-bond donors (Lipinski definition) is 1. The van der Waals surface area contributed by atoms with E-state index in [1.165, 1.54) is 167 Å². The van der Waals surface area contributed by atoms with Crippen molar-refractivity contribution in [1.29, 1.82) is 0 Å². The molecule has 8 nitrogen and oxygen atoms in total. The fourth-order valence-corrected chi connectivity index (χ4v) is 8.27. The van der Waals surface area contributed by atoms with E-state index in [2.05, 4.69) is 74.6 Å². The van der Waals surface area contributed by atoms with Crippen molar-refractivity contribution < 1.29 is 37.3 Å². The summed E-state index contributed by atoms with van der Waals surface area (Å²) < 4.78 is 35.2. The van der Waals surface area contributed by atoms with Gasteiger partial charge in [-0.3, -0.25) is 13.8 Å². The molecular weight excluding hydrogens is 842 g/mol. The molecule has 0 aromatic heterocycles. The zero-order valence-electron chi connectivity index (χ0n) is 43.9. The number of phosphoric acid groups is 1. The summed E-state index contributed by atoms with van der Waals surface area (Å²) in [6.45, 7) is 5.60. The molecule has 0 spiro atoms. The number of nitrogens with zero attached hydrogens (tertiary/aromatic N) is 1. The molecule has 0 amide bonds. The van der Waals surface area contributed by atoms with E-state index in [9.17, 15) is 14.3 Å². The van der Waals surface area contributed by atoms with Gasteiger partial charge < -0.3 is 18.9 Å². The van der Waals surface area contributed by atoms with Crippen molar-refractivity contribution in [2.75, 3.05) is 54.1 Å². The van der Waals surface area contributed by atoms with Gasteiger partial charge in [0.15, 0.2) is 0 Å². The van der Waals surface area contributed by atoms with Gasteiger partial charge in [-0.05, 0) is 83.5 Å². The SMILES string of the molecule is CCCCCC/C=C\C/C=C\CCCCCCCCCCOCC(COP(=O)(O)OCC[N+](C)(C)C)OC(=O)CCCCCCCCCCCC/C=C\C/C=C\C/C=C\CCCCCCC. The number of rotatable bonds is 51. The minimum atomic E-state index is -4.29. The van der Waals surface area contributed by atoms with E-state index in [0.717, 1.165) is 51.4 Å². The molecule has 2 atom stereocenters. The Morgan fingerprint density at radius 3 is 1.26 bits per heavy atom. The average Bonchev–Trinajstić information content (AvgIpc) is 3.28. The van der Waals surface area contributed by atoms with Crippen molar-refractivity contribution in [1.82, 2.24) is 0 Å². The Morgan fingerprint density at radius 2 is 0.833 bits per heavy atom. The number of hydrogen-bond acceptors (Lipinski definition) is 6. The number of unbranched alkanes of at least 4 members (excludes halogenated alkanes) is 27. The third-order valence-corrected chi connectivity index (χ3v) is 12.8.